The molecular weight excluding hydrogens is 452 g/mol. The molecule has 1 atom stereocenters. The van der Waals surface area contributed by atoms with Gasteiger partial charge in [-0.1, -0.05) is 6.92 Å². The van der Waals surface area contributed by atoms with Gasteiger partial charge in [-0.15, -0.1) is 34.8 Å². The van der Waals surface area contributed by atoms with Crippen LogP contribution in [-0.2, 0) is 15.7 Å². The van der Waals surface area contributed by atoms with E-state index in [2.05, 4.69) is 0 Å². The zero-order valence-corrected chi connectivity index (χ0v) is 19.6. The molecule has 0 fully saturated rings. The lowest BCUT2D eigenvalue weighted by Crippen LogP contribution is -2.36. The minimum atomic E-state index is -3.31. The number of halogens is 3. The average Bonchev–Trinajstić information content (AvgIpc) is 3.04. The average molecular weight is 481 g/mol. The smallest absolute Gasteiger partial charge is 0.346 e. The molecule has 0 amide bonds. The van der Waals surface area contributed by atoms with Crippen LogP contribution in [0, 0.1) is 17.0 Å². The van der Waals surface area contributed by atoms with Crippen molar-refractivity contribution in [2.45, 2.75) is 26.9 Å². The molecule has 0 N–H and O–H groups in total. The number of aryl methyl sites for hydroxylation is 1. The first-order chi connectivity index (χ1) is 13.2. The van der Waals surface area contributed by atoms with E-state index in [4.69, 9.17) is 53.9 Å². The van der Waals surface area contributed by atoms with E-state index in [9.17, 15) is 4.57 Å². The summed E-state index contributed by atoms with van der Waals surface area (Å²) >= 11 is 17.7. The first kappa shape index (κ1) is 27.7. The molecule has 0 aliphatic carbocycles. The van der Waals surface area contributed by atoms with Crippen LogP contribution in [0.2, 0.25) is 0 Å². The summed E-state index contributed by atoms with van der Waals surface area (Å²) in [7, 11) is -2.42. The Bertz CT molecular complexity index is 570. The van der Waals surface area contributed by atoms with Gasteiger partial charge in [-0.3, -0.25) is 19.2 Å². The van der Waals surface area contributed by atoms with Crippen molar-refractivity contribution < 1.29 is 18.4 Å². The highest BCUT2D eigenvalue weighted by Gasteiger charge is 2.38. The Morgan fingerprint density at radius 1 is 1.11 bits per heavy atom. The minimum absolute atomic E-state index is 0.120. The van der Waals surface area contributed by atoms with E-state index in [1.54, 1.807) is 9.34 Å². The number of hydrogen-bond donors (Lipinski definition) is 0. The maximum Gasteiger partial charge on any atom is 0.346 e. The fourth-order valence-corrected chi connectivity index (χ4v) is 5.79. The standard InChI is InChI=1S/C15H26Cl3N2O3P.CH3NO2/c1-3-9-19(10-6-16)24(21,20(11-7-17)12-8-18)22-13-15-5-4-14(2)23-15;1-2(3)4/h4-5H,3,6-13H2,1-2H3;1H3. The van der Waals surface area contributed by atoms with Gasteiger partial charge in [-0.05, 0) is 25.5 Å². The lowest BCUT2D eigenvalue weighted by Gasteiger charge is -2.37. The number of hydrogen-bond acceptors (Lipinski definition) is 5. The van der Waals surface area contributed by atoms with Crippen LogP contribution in [0.4, 0.5) is 0 Å². The van der Waals surface area contributed by atoms with Crippen LogP contribution in [0.1, 0.15) is 24.9 Å². The molecule has 28 heavy (non-hydrogen) atoms. The van der Waals surface area contributed by atoms with Crippen LogP contribution in [0.3, 0.4) is 0 Å². The third-order valence-electron chi connectivity index (χ3n) is 3.40. The molecule has 12 heteroatoms. The first-order valence-electron chi connectivity index (χ1n) is 8.81. The summed E-state index contributed by atoms with van der Waals surface area (Å²) in [6, 6.07) is 3.67. The van der Waals surface area contributed by atoms with Gasteiger partial charge in [0.1, 0.15) is 18.1 Å². The lowest BCUT2D eigenvalue weighted by molar-refractivity contribution is -0.445. The summed E-state index contributed by atoms with van der Waals surface area (Å²) in [5.74, 6) is 2.46. The maximum absolute atomic E-state index is 13.8. The molecule has 0 saturated heterocycles. The Hall–Kier alpha value is -0.340. The van der Waals surface area contributed by atoms with Crippen molar-refractivity contribution in [3.8, 4) is 0 Å². The molecule has 1 aromatic heterocycles. The zero-order chi connectivity index (χ0) is 21.6. The van der Waals surface area contributed by atoms with E-state index in [1.165, 1.54) is 0 Å². The molecule has 0 aliphatic heterocycles. The number of furan rings is 1. The normalized spacial score (nSPS) is 13.3. The maximum atomic E-state index is 13.8. The lowest BCUT2D eigenvalue weighted by atomic mass is 10.4. The Balaban J connectivity index is 0.00000165. The largest absolute Gasteiger partial charge is 0.464 e. The van der Waals surface area contributed by atoms with Gasteiger partial charge in [0.25, 0.3) is 0 Å². The fourth-order valence-electron chi connectivity index (χ4n) is 2.33. The molecule has 0 radical (unpaired) electrons. The third kappa shape index (κ3) is 10.4. The number of nitrogens with zero attached hydrogens (tertiary/aromatic N) is 3. The molecule has 0 spiro atoms. The van der Waals surface area contributed by atoms with Crippen molar-refractivity contribution in [2.24, 2.45) is 0 Å². The highest BCUT2D eigenvalue weighted by molar-refractivity contribution is 7.53. The van der Waals surface area contributed by atoms with Gasteiger partial charge in [0.2, 0.25) is 0 Å². The predicted molar refractivity (Wildman–Crippen MR) is 114 cm³/mol. The van der Waals surface area contributed by atoms with Crippen molar-refractivity contribution in [1.29, 1.82) is 0 Å². The first-order valence-corrected chi connectivity index (χ1v) is 11.9. The molecule has 0 bridgehead atoms. The van der Waals surface area contributed by atoms with Gasteiger partial charge in [0.05, 0.1) is 0 Å². The highest BCUT2D eigenvalue weighted by Crippen LogP contribution is 2.54. The monoisotopic (exact) mass is 479 g/mol. The van der Waals surface area contributed by atoms with E-state index < -0.39 is 12.6 Å². The van der Waals surface area contributed by atoms with E-state index in [-0.39, 0.29) is 6.61 Å². The van der Waals surface area contributed by atoms with Gasteiger partial charge in [0, 0.05) is 48.7 Å². The SMILES string of the molecule is CCCN(CCCl)P(=O)(OCc1ccc(C)o1)N(CCCl)CCCl.C[N+](=O)[O-]. The van der Waals surface area contributed by atoms with Gasteiger partial charge < -0.3 is 4.42 Å². The highest BCUT2D eigenvalue weighted by atomic mass is 35.5. The summed E-state index contributed by atoms with van der Waals surface area (Å²) in [4.78, 5) is 8.31. The Morgan fingerprint density at radius 3 is 1.93 bits per heavy atom. The molecule has 0 saturated carbocycles. The van der Waals surface area contributed by atoms with Gasteiger partial charge in [0.15, 0.2) is 7.05 Å². The van der Waals surface area contributed by atoms with Crippen LogP contribution >= 0.6 is 42.5 Å². The molecule has 1 aromatic rings. The minimum Gasteiger partial charge on any atom is -0.464 e. The second-order valence-corrected chi connectivity index (χ2v) is 9.19. The van der Waals surface area contributed by atoms with Gasteiger partial charge >= 0.3 is 7.67 Å². The van der Waals surface area contributed by atoms with E-state index in [0.717, 1.165) is 19.2 Å². The predicted octanol–water partition coefficient (Wildman–Crippen LogP) is 4.84. The van der Waals surface area contributed by atoms with Gasteiger partial charge in [-0.25, -0.2) is 9.34 Å². The van der Waals surface area contributed by atoms with E-state index in [0.29, 0.717) is 49.6 Å². The summed E-state index contributed by atoms with van der Waals surface area (Å²) in [6.07, 6.45) is 0.833. The summed E-state index contributed by atoms with van der Waals surface area (Å²) in [5.41, 5.74) is 0. The van der Waals surface area contributed by atoms with E-state index >= 15 is 0 Å². The second kappa shape index (κ2) is 15.5. The van der Waals surface area contributed by atoms with Crippen molar-refractivity contribution in [3.63, 3.8) is 0 Å². The molecule has 164 valence electrons. The Labute approximate surface area is 181 Å². The number of alkyl halides is 3. The number of nitro groups is 1. The topological polar surface area (TPSA) is 89.1 Å². The summed E-state index contributed by atoms with van der Waals surface area (Å²) < 4.78 is 28.7. The van der Waals surface area contributed by atoms with Crippen LogP contribution in [0.25, 0.3) is 0 Å². The van der Waals surface area contributed by atoms with Crippen molar-refractivity contribution in [3.05, 3.63) is 33.8 Å². The molecule has 0 aromatic carbocycles. The van der Waals surface area contributed by atoms with Crippen LogP contribution in [0.5, 0.6) is 0 Å². The molecule has 1 heterocycles. The van der Waals surface area contributed by atoms with Crippen molar-refractivity contribution >= 4 is 42.5 Å². The fraction of sp³-hybridized carbons (Fsp3) is 0.750. The summed E-state index contributed by atoms with van der Waals surface area (Å²) in [6.45, 7) is 5.92. The molecular formula is C16H29Cl3N3O5P. The molecule has 8 nitrogen and oxygen atoms in total. The third-order valence-corrected chi connectivity index (χ3v) is 6.60. The quantitative estimate of drug-likeness (QED) is 0.173. The van der Waals surface area contributed by atoms with Crippen molar-refractivity contribution in [1.82, 2.24) is 9.34 Å². The van der Waals surface area contributed by atoms with Crippen LogP contribution in [-0.4, -0.2) is 65.1 Å². The van der Waals surface area contributed by atoms with Crippen LogP contribution in [0.15, 0.2) is 16.5 Å². The molecule has 1 rings (SSSR count). The van der Waals surface area contributed by atoms with Gasteiger partial charge in [-0.2, -0.15) is 0 Å². The van der Waals surface area contributed by atoms with E-state index in [1.807, 2.05) is 26.0 Å². The van der Waals surface area contributed by atoms with Crippen LogP contribution < -0.4 is 0 Å². The Morgan fingerprint density at radius 2 is 1.57 bits per heavy atom. The molecule has 1 unspecified atom stereocenters. The zero-order valence-electron chi connectivity index (χ0n) is 16.5. The second-order valence-electron chi connectivity index (χ2n) is 5.69. The Kier molecular flexibility index (Phi) is 15.3. The van der Waals surface area contributed by atoms with Crippen molar-refractivity contribution in [2.75, 3.05) is 50.9 Å². The number of rotatable bonds is 13. The summed E-state index contributed by atoms with van der Waals surface area (Å²) in [5, 5.41) is 8.81. The molecule has 0 aliphatic rings.